The van der Waals surface area contributed by atoms with E-state index in [4.69, 9.17) is 5.26 Å². The van der Waals surface area contributed by atoms with E-state index >= 15 is 0 Å². The van der Waals surface area contributed by atoms with Crippen molar-refractivity contribution in [2.75, 3.05) is 6.26 Å². The number of nitrogens with zero attached hydrogens (tertiary/aromatic N) is 1. The van der Waals surface area contributed by atoms with Gasteiger partial charge in [0, 0.05) is 6.26 Å². The van der Waals surface area contributed by atoms with Crippen LogP contribution in [0.25, 0.3) is 0 Å². The highest BCUT2D eigenvalue weighted by atomic mass is 32.2. The minimum Gasteiger partial charge on any atom is -0.228 e. The van der Waals surface area contributed by atoms with Crippen molar-refractivity contribution in [3.63, 3.8) is 0 Å². The Labute approximate surface area is 105 Å². The molecule has 6 nitrogen and oxygen atoms in total. The number of hydrogen-bond acceptors (Lipinski definition) is 5. The highest BCUT2D eigenvalue weighted by Crippen LogP contribution is 2.34. The van der Waals surface area contributed by atoms with Crippen LogP contribution in [0.1, 0.15) is 11.6 Å². The van der Waals surface area contributed by atoms with E-state index in [9.17, 15) is 16.8 Å². The summed E-state index contributed by atoms with van der Waals surface area (Å²) < 4.78 is 48.8. The lowest BCUT2D eigenvalue weighted by atomic mass is 10.1. The zero-order valence-corrected chi connectivity index (χ0v) is 11.0. The third-order valence-corrected chi connectivity index (χ3v) is 5.53. The number of nitrogens with one attached hydrogen (secondary N) is 1. The van der Waals surface area contributed by atoms with Gasteiger partial charge in [0.1, 0.15) is 0 Å². The van der Waals surface area contributed by atoms with Gasteiger partial charge in [0.05, 0.1) is 17.0 Å². The summed E-state index contributed by atoms with van der Waals surface area (Å²) in [5.41, 5.74) is 0.314. The van der Waals surface area contributed by atoms with Gasteiger partial charge in [-0.2, -0.15) is 5.26 Å². The molecule has 1 aliphatic rings. The summed E-state index contributed by atoms with van der Waals surface area (Å²) in [5.74, 6) is 0. The van der Waals surface area contributed by atoms with Gasteiger partial charge in [-0.1, -0.05) is 18.2 Å². The maximum atomic E-state index is 11.8. The molecule has 0 spiro atoms. The van der Waals surface area contributed by atoms with Gasteiger partial charge in [0.2, 0.25) is 10.0 Å². The van der Waals surface area contributed by atoms with Gasteiger partial charge in [0.25, 0.3) is 0 Å². The summed E-state index contributed by atoms with van der Waals surface area (Å²) in [6, 6.07) is 6.63. The second-order valence-corrected chi connectivity index (χ2v) is 7.87. The Morgan fingerprint density at radius 2 is 2.00 bits per heavy atom. The molecule has 8 heteroatoms. The monoisotopic (exact) mass is 286 g/mol. The molecule has 2 atom stereocenters. The Hall–Kier alpha value is -1.43. The van der Waals surface area contributed by atoms with E-state index < -0.39 is 31.2 Å². The van der Waals surface area contributed by atoms with Gasteiger partial charge in [-0.15, -0.1) is 0 Å². The standard InChI is InChI=1S/C10H10N2O4S2/c1-17(13,14)9(6-11)10-7-4-2-3-5-8(7)18(15,16)12-10/h2-5,9-10,12H,1H3. The zero-order valence-electron chi connectivity index (χ0n) is 9.36. The molecule has 0 fully saturated rings. The Morgan fingerprint density at radius 3 is 2.56 bits per heavy atom. The van der Waals surface area contributed by atoms with Crippen LogP contribution in [-0.2, 0) is 19.9 Å². The normalized spacial score (nSPS) is 23.0. The molecule has 96 valence electrons. The van der Waals surface area contributed by atoms with Crippen LogP contribution in [0.2, 0.25) is 0 Å². The van der Waals surface area contributed by atoms with E-state index in [1.165, 1.54) is 12.1 Å². The summed E-state index contributed by atoms with van der Waals surface area (Å²) in [7, 11) is -7.42. The quantitative estimate of drug-likeness (QED) is 0.821. The highest BCUT2D eigenvalue weighted by Gasteiger charge is 2.42. The van der Waals surface area contributed by atoms with E-state index in [2.05, 4.69) is 4.72 Å². The first-order valence-electron chi connectivity index (χ1n) is 4.97. The third kappa shape index (κ3) is 2.01. The fourth-order valence-electron chi connectivity index (χ4n) is 1.92. The average Bonchev–Trinajstić information content (AvgIpc) is 2.51. The van der Waals surface area contributed by atoms with Gasteiger partial charge in [-0.3, -0.25) is 0 Å². The largest absolute Gasteiger partial charge is 0.241 e. The molecule has 1 N–H and O–H groups in total. The molecule has 1 heterocycles. The number of benzene rings is 1. The summed E-state index contributed by atoms with van der Waals surface area (Å²) in [4.78, 5) is 0.0268. The van der Waals surface area contributed by atoms with Crippen LogP contribution in [0.4, 0.5) is 0 Å². The van der Waals surface area contributed by atoms with Crippen molar-refractivity contribution < 1.29 is 16.8 Å². The van der Waals surface area contributed by atoms with Crippen molar-refractivity contribution in [2.24, 2.45) is 0 Å². The van der Waals surface area contributed by atoms with E-state index in [-0.39, 0.29) is 4.90 Å². The first-order valence-corrected chi connectivity index (χ1v) is 8.41. The number of sulfone groups is 1. The molecule has 0 amide bonds. The maximum Gasteiger partial charge on any atom is 0.241 e. The second kappa shape index (κ2) is 4.05. The van der Waals surface area contributed by atoms with Gasteiger partial charge in [0.15, 0.2) is 15.1 Å². The van der Waals surface area contributed by atoms with Crippen molar-refractivity contribution in [1.29, 1.82) is 5.26 Å². The predicted molar refractivity (Wildman–Crippen MR) is 63.7 cm³/mol. The van der Waals surface area contributed by atoms with E-state index in [0.29, 0.717) is 5.56 Å². The lowest BCUT2D eigenvalue weighted by molar-refractivity contribution is 0.562. The minimum atomic E-state index is -3.74. The summed E-state index contributed by atoms with van der Waals surface area (Å²) >= 11 is 0. The number of hydrogen-bond donors (Lipinski definition) is 1. The van der Waals surface area contributed by atoms with Gasteiger partial charge in [-0.05, 0) is 11.6 Å². The zero-order chi connectivity index (χ0) is 13.6. The van der Waals surface area contributed by atoms with Crippen molar-refractivity contribution >= 4 is 19.9 Å². The number of rotatable bonds is 2. The van der Waals surface area contributed by atoms with Crippen LogP contribution in [0, 0.1) is 11.3 Å². The minimum absolute atomic E-state index is 0.0268. The van der Waals surface area contributed by atoms with E-state index in [0.717, 1.165) is 6.26 Å². The third-order valence-electron chi connectivity index (χ3n) is 2.72. The Kier molecular flexibility index (Phi) is 2.93. The summed E-state index contributed by atoms with van der Waals surface area (Å²) in [6.07, 6.45) is 0.913. The molecule has 2 rings (SSSR count). The van der Waals surface area contributed by atoms with Crippen molar-refractivity contribution in [3.8, 4) is 6.07 Å². The molecular formula is C10H10N2O4S2. The fourth-order valence-corrected chi connectivity index (χ4v) is 4.39. The Balaban J connectivity index is 2.62. The molecule has 1 aromatic rings. The Morgan fingerprint density at radius 1 is 1.39 bits per heavy atom. The smallest absolute Gasteiger partial charge is 0.228 e. The second-order valence-electron chi connectivity index (χ2n) is 4.02. The van der Waals surface area contributed by atoms with E-state index in [1.54, 1.807) is 18.2 Å². The van der Waals surface area contributed by atoms with Crippen LogP contribution in [0.15, 0.2) is 29.2 Å². The van der Waals surface area contributed by atoms with Crippen LogP contribution in [-0.4, -0.2) is 28.3 Å². The number of fused-ring (bicyclic) bond motifs is 1. The van der Waals surface area contributed by atoms with Crippen LogP contribution in [0.3, 0.4) is 0 Å². The van der Waals surface area contributed by atoms with Crippen LogP contribution < -0.4 is 4.72 Å². The molecule has 18 heavy (non-hydrogen) atoms. The highest BCUT2D eigenvalue weighted by molar-refractivity contribution is 7.92. The molecule has 2 unspecified atom stereocenters. The van der Waals surface area contributed by atoms with Gasteiger partial charge >= 0.3 is 0 Å². The van der Waals surface area contributed by atoms with Crippen molar-refractivity contribution in [3.05, 3.63) is 29.8 Å². The molecule has 0 saturated carbocycles. The molecule has 0 bridgehead atoms. The summed E-state index contributed by atoms with van der Waals surface area (Å²) in [5, 5.41) is 7.52. The number of sulfonamides is 1. The van der Waals surface area contributed by atoms with E-state index in [1.807, 2.05) is 0 Å². The first kappa shape index (κ1) is 13.0. The number of nitriles is 1. The average molecular weight is 286 g/mol. The van der Waals surface area contributed by atoms with Crippen molar-refractivity contribution in [2.45, 2.75) is 16.2 Å². The lowest BCUT2D eigenvalue weighted by Gasteiger charge is -2.15. The molecule has 0 radical (unpaired) electrons. The topological polar surface area (TPSA) is 104 Å². The van der Waals surface area contributed by atoms with Gasteiger partial charge in [-0.25, -0.2) is 21.6 Å². The predicted octanol–water partition coefficient (Wildman–Crippen LogP) is -0.0436. The maximum absolute atomic E-state index is 11.8. The SMILES string of the molecule is CS(=O)(=O)C(C#N)C1NS(=O)(=O)c2ccccc21. The molecule has 0 aromatic heterocycles. The molecule has 1 aliphatic heterocycles. The molecule has 1 aromatic carbocycles. The molecule has 0 saturated heterocycles. The fraction of sp³-hybridized carbons (Fsp3) is 0.300. The van der Waals surface area contributed by atoms with Crippen molar-refractivity contribution in [1.82, 2.24) is 4.72 Å². The molecular weight excluding hydrogens is 276 g/mol. The molecule has 0 aliphatic carbocycles. The lowest BCUT2D eigenvalue weighted by Crippen LogP contribution is -2.34. The van der Waals surface area contributed by atoms with Crippen LogP contribution in [0.5, 0.6) is 0 Å². The van der Waals surface area contributed by atoms with Crippen LogP contribution >= 0.6 is 0 Å². The first-order chi connectivity index (χ1) is 8.27. The summed E-state index contributed by atoms with van der Waals surface area (Å²) in [6.45, 7) is 0. The Bertz CT molecular complexity index is 731. The van der Waals surface area contributed by atoms with Gasteiger partial charge < -0.3 is 0 Å².